The quantitative estimate of drug-likeness (QED) is 0.924. The molecule has 1 N–H and O–H groups in total. The topological polar surface area (TPSA) is 43.2 Å². The smallest absolute Gasteiger partial charge is 0.290 e. The van der Waals surface area contributed by atoms with E-state index in [1.807, 2.05) is 47.4 Å². The van der Waals surface area contributed by atoms with Gasteiger partial charge in [0.2, 0.25) is 0 Å². The predicted octanol–water partition coefficient (Wildman–Crippen LogP) is 1.80. The number of carbonyl (C=O) groups is 1. The van der Waals surface area contributed by atoms with Gasteiger partial charge in [-0.1, -0.05) is 18.2 Å². The van der Waals surface area contributed by atoms with Crippen LogP contribution in [-0.4, -0.2) is 32.7 Å². The lowest BCUT2D eigenvalue weighted by Gasteiger charge is -2.27. The number of nitrogens with zero attached hydrogens (tertiary/aromatic N) is 1. The van der Waals surface area contributed by atoms with Gasteiger partial charge < -0.3 is 14.4 Å². The van der Waals surface area contributed by atoms with Crippen LogP contribution in [0, 0.1) is 0 Å². The van der Waals surface area contributed by atoms with Gasteiger partial charge >= 0.3 is 0 Å². The fourth-order valence-electron chi connectivity index (χ4n) is 4.15. The third-order valence-corrected chi connectivity index (χ3v) is 5.29. The molecule has 2 aliphatic rings. The Bertz CT molecular complexity index is 792. The fourth-order valence-corrected chi connectivity index (χ4v) is 4.15. The van der Waals surface area contributed by atoms with E-state index in [-0.39, 0.29) is 18.1 Å². The molecule has 2 fully saturated rings. The number of hydrogen-bond donors (Lipinski definition) is 1. The second-order valence-corrected chi connectivity index (χ2v) is 6.61. The molecule has 0 aliphatic carbocycles. The van der Waals surface area contributed by atoms with Crippen LogP contribution in [0.4, 0.5) is 5.69 Å². The zero-order valence-corrected chi connectivity index (χ0v) is 14.6. The van der Waals surface area contributed by atoms with Crippen LogP contribution in [0.25, 0.3) is 0 Å². The zero-order chi connectivity index (χ0) is 17.4. The van der Waals surface area contributed by atoms with Crippen molar-refractivity contribution in [3.05, 3.63) is 54.1 Å². The monoisotopic (exact) mass is 339 g/mol. The highest BCUT2D eigenvalue weighted by Gasteiger charge is 2.53. The third-order valence-electron chi connectivity index (χ3n) is 5.29. The number of amides is 1. The standard InChI is InChI=1S/C20H22N2O3/c1-24-16-8-3-6-14(12-16)19-21-11-5-10-18(21)20(23)22(19)15-7-4-9-17(13-15)25-2/h3-4,6-9,12-13,18-19H,5,10-11H2,1-2H3/p+1. The summed E-state index contributed by atoms with van der Waals surface area (Å²) in [6.45, 7) is 1.01. The Hall–Kier alpha value is -2.53. The lowest BCUT2D eigenvalue weighted by Crippen LogP contribution is -3.12. The molecule has 0 bridgehead atoms. The molecule has 1 amide bonds. The van der Waals surface area contributed by atoms with Gasteiger partial charge in [0.05, 0.1) is 26.5 Å². The molecule has 0 spiro atoms. The summed E-state index contributed by atoms with van der Waals surface area (Å²) in [6, 6.07) is 15.9. The molecule has 5 nitrogen and oxygen atoms in total. The molecule has 130 valence electrons. The van der Waals surface area contributed by atoms with Gasteiger partial charge in [-0.3, -0.25) is 9.69 Å². The van der Waals surface area contributed by atoms with Gasteiger partial charge in [0, 0.05) is 24.5 Å². The number of methoxy groups -OCH3 is 2. The minimum absolute atomic E-state index is 0.0257. The lowest BCUT2D eigenvalue weighted by molar-refractivity contribution is -0.924. The maximum atomic E-state index is 13.2. The molecule has 2 heterocycles. The zero-order valence-electron chi connectivity index (χ0n) is 14.6. The number of ether oxygens (including phenoxy) is 2. The summed E-state index contributed by atoms with van der Waals surface area (Å²) in [4.78, 5) is 16.4. The summed E-state index contributed by atoms with van der Waals surface area (Å²) in [5, 5.41) is 0. The third kappa shape index (κ3) is 2.65. The molecular weight excluding hydrogens is 316 g/mol. The van der Waals surface area contributed by atoms with Crippen LogP contribution in [-0.2, 0) is 4.79 Å². The molecule has 5 heteroatoms. The first kappa shape index (κ1) is 16.0. The Morgan fingerprint density at radius 1 is 1.04 bits per heavy atom. The Morgan fingerprint density at radius 2 is 1.76 bits per heavy atom. The Morgan fingerprint density at radius 3 is 2.52 bits per heavy atom. The van der Waals surface area contributed by atoms with E-state index in [9.17, 15) is 4.79 Å². The molecule has 3 atom stereocenters. The van der Waals surface area contributed by atoms with Gasteiger partial charge in [0.1, 0.15) is 11.5 Å². The minimum atomic E-state index is -0.0257. The van der Waals surface area contributed by atoms with Crippen molar-refractivity contribution < 1.29 is 19.2 Å². The van der Waals surface area contributed by atoms with Crippen LogP contribution in [0.3, 0.4) is 0 Å². The van der Waals surface area contributed by atoms with Crippen LogP contribution in [0.1, 0.15) is 24.6 Å². The summed E-state index contributed by atoms with van der Waals surface area (Å²) >= 11 is 0. The van der Waals surface area contributed by atoms with E-state index in [1.165, 1.54) is 4.90 Å². The largest absolute Gasteiger partial charge is 0.497 e. The Balaban J connectivity index is 1.80. The van der Waals surface area contributed by atoms with Gasteiger partial charge in [-0.2, -0.15) is 0 Å². The number of carbonyl (C=O) groups excluding carboxylic acids is 1. The van der Waals surface area contributed by atoms with Crippen molar-refractivity contribution in [1.29, 1.82) is 0 Å². The van der Waals surface area contributed by atoms with Gasteiger partial charge in [0.15, 0.2) is 12.2 Å². The lowest BCUT2D eigenvalue weighted by atomic mass is 10.1. The van der Waals surface area contributed by atoms with E-state index in [4.69, 9.17) is 9.47 Å². The maximum Gasteiger partial charge on any atom is 0.290 e. The first-order valence-corrected chi connectivity index (χ1v) is 8.69. The van der Waals surface area contributed by atoms with Crippen LogP contribution < -0.4 is 19.3 Å². The minimum Gasteiger partial charge on any atom is -0.497 e. The van der Waals surface area contributed by atoms with E-state index in [0.717, 1.165) is 42.1 Å². The molecule has 2 aromatic rings. The van der Waals surface area contributed by atoms with E-state index >= 15 is 0 Å². The van der Waals surface area contributed by atoms with Gasteiger partial charge in [-0.15, -0.1) is 0 Å². The number of benzene rings is 2. The Labute approximate surface area is 147 Å². The van der Waals surface area contributed by atoms with Gasteiger partial charge in [0.25, 0.3) is 5.91 Å². The second-order valence-electron chi connectivity index (χ2n) is 6.61. The molecule has 4 rings (SSSR count). The fraction of sp³-hybridized carbons (Fsp3) is 0.350. The van der Waals surface area contributed by atoms with Crippen LogP contribution >= 0.6 is 0 Å². The predicted molar refractivity (Wildman–Crippen MR) is 95.1 cm³/mol. The van der Waals surface area contributed by atoms with Crippen LogP contribution in [0.2, 0.25) is 0 Å². The normalized spacial score (nSPS) is 25.1. The Kier molecular flexibility index (Phi) is 4.09. The van der Waals surface area contributed by atoms with Gasteiger partial charge in [-0.25, -0.2) is 0 Å². The maximum absolute atomic E-state index is 13.2. The molecule has 2 aliphatic heterocycles. The molecule has 0 saturated carbocycles. The van der Waals surface area contributed by atoms with E-state index in [2.05, 4.69) is 6.07 Å². The number of fused-ring (bicyclic) bond motifs is 1. The van der Waals surface area contributed by atoms with E-state index in [0.29, 0.717) is 0 Å². The first-order valence-electron chi connectivity index (χ1n) is 8.69. The summed E-state index contributed by atoms with van der Waals surface area (Å²) < 4.78 is 10.8. The van der Waals surface area contributed by atoms with Crippen molar-refractivity contribution in [2.45, 2.75) is 25.0 Å². The molecule has 2 aromatic carbocycles. The van der Waals surface area contributed by atoms with E-state index in [1.54, 1.807) is 14.2 Å². The van der Waals surface area contributed by atoms with Crippen LogP contribution in [0.15, 0.2) is 48.5 Å². The number of rotatable bonds is 4. The average molecular weight is 339 g/mol. The van der Waals surface area contributed by atoms with Crippen molar-refractivity contribution in [3.63, 3.8) is 0 Å². The van der Waals surface area contributed by atoms with Crippen LogP contribution in [0.5, 0.6) is 11.5 Å². The molecule has 0 radical (unpaired) electrons. The number of hydrogen-bond acceptors (Lipinski definition) is 3. The molecule has 2 saturated heterocycles. The SMILES string of the molecule is COc1cccc(C2N(c3cccc(OC)c3)C(=O)C3CCC[NH+]32)c1. The highest BCUT2D eigenvalue weighted by molar-refractivity contribution is 5.98. The summed E-state index contributed by atoms with van der Waals surface area (Å²) in [6.07, 6.45) is 2.02. The van der Waals surface area contributed by atoms with Crippen molar-refractivity contribution in [1.82, 2.24) is 0 Å². The van der Waals surface area contributed by atoms with Crippen molar-refractivity contribution in [2.75, 3.05) is 25.7 Å². The van der Waals surface area contributed by atoms with Crippen molar-refractivity contribution in [2.24, 2.45) is 0 Å². The first-order chi connectivity index (χ1) is 12.2. The number of anilines is 1. The second kappa shape index (κ2) is 6.41. The molecule has 3 unspecified atom stereocenters. The van der Waals surface area contributed by atoms with Gasteiger partial charge in [-0.05, 0) is 24.3 Å². The summed E-state index contributed by atoms with van der Waals surface area (Å²) in [5.74, 6) is 1.78. The summed E-state index contributed by atoms with van der Waals surface area (Å²) in [5.41, 5.74) is 1.99. The summed E-state index contributed by atoms with van der Waals surface area (Å²) in [7, 11) is 3.32. The molecular formula is C20H23N2O3+. The highest BCUT2D eigenvalue weighted by atomic mass is 16.5. The average Bonchev–Trinajstić information content (AvgIpc) is 3.24. The number of nitrogens with one attached hydrogen (secondary N) is 1. The van der Waals surface area contributed by atoms with Crippen molar-refractivity contribution >= 4 is 11.6 Å². The molecule has 0 aromatic heterocycles. The van der Waals surface area contributed by atoms with Crippen molar-refractivity contribution in [3.8, 4) is 11.5 Å². The van der Waals surface area contributed by atoms with E-state index < -0.39 is 0 Å². The highest BCUT2D eigenvalue weighted by Crippen LogP contribution is 2.33. The molecule has 25 heavy (non-hydrogen) atoms. The number of quaternary nitrogens is 1.